The average molecular weight is 477 g/mol. The van der Waals surface area contributed by atoms with Gasteiger partial charge in [0, 0.05) is 55.3 Å². The van der Waals surface area contributed by atoms with E-state index in [0.29, 0.717) is 19.6 Å². The summed E-state index contributed by atoms with van der Waals surface area (Å²) < 4.78 is 1.57. The number of rotatable bonds is 6. The quantitative estimate of drug-likeness (QED) is 0.395. The Bertz CT molecular complexity index is 1280. The zero-order valence-electron chi connectivity index (χ0n) is 18.0. The molecule has 6 nitrogen and oxygen atoms in total. The lowest BCUT2D eigenvalue weighted by Gasteiger charge is -2.36. The Kier molecular flexibility index (Phi) is 6.57. The molecule has 1 atom stereocenters. The smallest absolute Gasteiger partial charge is 0.258 e. The van der Waals surface area contributed by atoms with Gasteiger partial charge in [0.05, 0.1) is 5.69 Å². The maximum atomic E-state index is 13.6. The fourth-order valence-corrected chi connectivity index (χ4v) is 5.88. The molecule has 0 radical (unpaired) electrons. The van der Waals surface area contributed by atoms with E-state index in [1.807, 2.05) is 70.9 Å². The van der Waals surface area contributed by atoms with Gasteiger partial charge >= 0.3 is 0 Å². The van der Waals surface area contributed by atoms with E-state index in [2.05, 4.69) is 9.88 Å². The van der Waals surface area contributed by atoms with Crippen LogP contribution in [0.4, 0.5) is 0 Å². The highest BCUT2D eigenvalue weighted by Crippen LogP contribution is 2.36. The van der Waals surface area contributed by atoms with E-state index in [0.717, 1.165) is 34.2 Å². The standard InChI is InChI=1S/C25H24N4O2S2/c30-22-17-20(26-25-29(22)15-16-32-25)18-27-11-13-28(14-12-27)24(31)23(19-7-3-1-4-8-19)33-21-9-5-2-6-10-21/h1-10,15-17,23H,11-14,18H2. The number of carbonyl (C=O) groups is 1. The van der Waals surface area contributed by atoms with Crippen LogP contribution in [0.25, 0.3) is 4.96 Å². The van der Waals surface area contributed by atoms with Crippen LogP contribution in [0.5, 0.6) is 0 Å². The molecule has 3 heterocycles. The van der Waals surface area contributed by atoms with Crippen LogP contribution in [0.2, 0.25) is 0 Å². The molecule has 0 aliphatic carbocycles. The highest BCUT2D eigenvalue weighted by molar-refractivity contribution is 8.00. The number of thioether (sulfide) groups is 1. The normalized spacial score (nSPS) is 15.6. The second-order valence-electron chi connectivity index (χ2n) is 7.96. The van der Waals surface area contributed by atoms with Crippen molar-refractivity contribution in [1.29, 1.82) is 0 Å². The predicted molar refractivity (Wildman–Crippen MR) is 133 cm³/mol. The molecule has 0 bridgehead atoms. The fourth-order valence-electron chi connectivity index (χ4n) is 4.01. The lowest BCUT2D eigenvalue weighted by atomic mass is 10.1. The van der Waals surface area contributed by atoms with E-state index < -0.39 is 0 Å². The molecule has 1 fully saturated rings. The monoisotopic (exact) mass is 476 g/mol. The molecule has 33 heavy (non-hydrogen) atoms. The van der Waals surface area contributed by atoms with Crippen molar-refractivity contribution in [1.82, 2.24) is 19.2 Å². The molecule has 4 aromatic rings. The summed E-state index contributed by atoms with van der Waals surface area (Å²) in [6, 6.07) is 21.7. The minimum absolute atomic E-state index is 0.0475. The Labute approximate surface area is 200 Å². The number of hydrogen-bond donors (Lipinski definition) is 0. The summed E-state index contributed by atoms with van der Waals surface area (Å²) in [4.78, 5) is 36.5. The maximum Gasteiger partial charge on any atom is 0.258 e. The van der Waals surface area contributed by atoms with Crippen LogP contribution in [0, 0.1) is 0 Å². The van der Waals surface area contributed by atoms with Crippen molar-refractivity contribution in [2.75, 3.05) is 26.2 Å². The molecular weight excluding hydrogens is 452 g/mol. The van der Waals surface area contributed by atoms with Crippen LogP contribution >= 0.6 is 23.1 Å². The lowest BCUT2D eigenvalue weighted by molar-refractivity contribution is -0.132. The Morgan fingerprint density at radius 2 is 1.70 bits per heavy atom. The van der Waals surface area contributed by atoms with Crippen molar-refractivity contribution >= 4 is 34.0 Å². The molecule has 2 aromatic carbocycles. The first-order valence-corrected chi connectivity index (χ1v) is 12.7. The zero-order chi connectivity index (χ0) is 22.6. The van der Waals surface area contributed by atoms with Crippen LogP contribution in [0.1, 0.15) is 16.5 Å². The molecule has 2 aromatic heterocycles. The van der Waals surface area contributed by atoms with Crippen molar-refractivity contribution in [3.8, 4) is 0 Å². The number of thiazole rings is 1. The van der Waals surface area contributed by atoms with Gasteiger partial charge < -0.3 is 4.90 Å². The number of benzene rings is 2. The SMILES string of the molecule is O=C(C(Sc1ccccc1)c1ccccc1)N1CCN(Cc2cc(=O)n3ccsc3n2)CC1. The van der Waals surface area contributed by atoms with Crippen molar-refractivity contribution in [2.24, 2.45) is 0 Å². The first kappa shape index (κ1) is 21.9. The summed E-state index contributed by atoms with van der Waals surface area (Å²) >= 11 is 3.06. The average Bonchev–Trinajstić information content (AvgIpc) is 3.33. The van der Waals surface area contributed by atoms with Crippen LogP contribution in [-0.4, -0.2) is 51.3 Å². The molecule has 0 saturated carbocycles. The number of aromatic nitrogens is 2. The largest absolute Gasteiger partial charge is 0.339 e. The number of nitrogens with zero attached hydrogens (tertiary/aromatic N) is 4. The first-order chi connectivity index (χ1) is 16.2. The van der Waals surface area contributed by atoms with Gasteiger partial charge in [-0.25, -0.2) is 4.98 Å². The van der Waals surface area contributed by atoms with E-state index in [9.17, 15) is 9.59 Å². The van der Waals surface area contributed by atoms with E-state index >= 15 is 0 Å². The van der Waals surface area contributed by atoms with Gasteiger partial charge in [-0.05, 0) is 17.7 Å². The number of carbonyl (C=O) groups excluding carboxylic acids is 1. The van der Waals surface area contributed by atoms with Gasteiger partial charge in [-0.2, -0.15) is 0 Å². The maximum absolute atomic E-state index is 13.6. The summed E-state index contributed by atoms with van der Waals surface area (Å²) in [5, 5.41) is 1.59. The summed E-state index contributed by atoms with van der Waals surface area (Å²) in [5.74, 6) is 0.145. The molecule has 0 N–H and O–H groups in total. The highest BCUT2D eigenvalue weighted by atomic mass is 32.2. The van der Waals surface area contributed by atoms with Crippen LogP contribution < -0.4 is 5.56 Å². The molecule has 1 unspecified atom stereocenters. The highest BCUT2D eigenvalue weighted by Gasteiger charge is 2.29. The molecule has 1 saturated heterocycles. The third-order valence-electron chi connectivity index (χ3n) is 5.75. The second-order valence-corrected chi connectivity index (χ2v) is 10.0. The van der Waals surface area contributed by atoms with E-state index in [1.165, 1.54) is 11.3 Å². The molecule has 0 spiro atoms. The minimum Gasteiger partial charge on any atom is -0.339 e. The summed E-state index contributed by atoms with van der Waals surface area (Å²) in [7, 11) is 0. The van der Waals surface area contributed by atoms with Crippen LogP contribution in [0.15, 0.2) is 88.0 Å². The molecular formula is C25H24N4O2S2. The van der Waals surface area contributed by atoms with Crippen molar-refractivity contribution in [3.05, 3.63) is 99.9 Å². The number of hydrogen-bond acceptors (Lipinski definition) is 6. The van der Waals surface area contributed by atoms with E-state index in [4.69, 9.17) is 0 Å². The van der Waals surface area contributed by atoms with Gasteiger partial charge in [-0.1, -0.05) is 48.5 Å². The number of amides is 1. The zero-order valence-corrected chi connectivity index (χ0v) is 19.7. The first-order valence-electron chi connectivity index (χ1n) is 10.9. The summed E-state index contributed by atoms with van der Waals surface area (Å²) in [6.07, 6.45) is 1.75. The van der Waals surface area contributed by atoms with E-state index in [1.54, 1.807) is 28.4 Å². The van der Waals surface area contributed by atoms with Crippen molar-refractivity contribution in [2.45, 2.75) is 16.7 Å². The second kappa shape index (κ2) is 9.91. The fraction of sp³-hybridized carbons (Fsp3) is 0.240. The van der Waals surface area contributed by atoms with Crippen LogP contribution in [-0.2, 0) is 11.3 Å². The Hall–Kier alpha value is -2.94. The van der Waals surface area contributed by atoms with E-state index in [-0.39, 0.29) is 16.7 Å². The third kappa shape index (κ3) is 5.03. The number of fused-ring (bicyclic) bond motifs is 1. The van der Waals surface area contributed by atoms with Gasteiger partial charge in [-0.15, -0.1) is 23.1 Å². The number of piperazine rings is 1. The molecule has 5 rings (SSSR count). The van der Waals surface area contributed by atoms with Gasteiger partial charge in [0.2, 0.25) is 5.91 Å². The Morgan fingerprint density at radius 3 is 2.42 bits per heavy atom. The third-order valence-corrected chi connectivity index (χ3v) is 7.76. The van der Waals surface area contributed by atoms with Gasteiger partial charge in [0.1, 0.15) is 5.25 Å². The van der Waals surface area contributed by atoms with Gasteiger partial charge in [0.25, 0.3) is 5.56 Å². The van der Waals surface area contributed by atoms with Crippen molar-refractivity contribution in [3.63, 3.8) is 0 Å². The molecule has 1 aliphatic heterocycles. The molecule has 1 aliphatic rings. The van der Waals surface area contributed by atoms with Crippen molar-refractivity contribution < 1.29 is 4.79 Å². The van der Waals surface area contributed by atoms with Gasteiger partial charge in [0.15, 0.2) is 4.96 Å². The minimum atomic E-state index is -0.275. The topological polar surface area (TPSA) is 57.9 Å². The summed E-state index contributed by atoms with van der Waals surface area (Å²) in [6.45, 7) is 3.46. The Morgan fingerprint density at radius 1 is 1.00 bits per heavy atom. The lowest BCUT2D eigenvalue weighted by Crippen LogP contribution is -2.49. The van der Waals surface area contributed by atoms with Gasteiger partial charge in [-0.3, -0.25) is 18.9 Å². The molecule has 168 valence electrons. The predicted octanol–water partition coefficient (Wildman–Crippen LogP) is 3.93. The summed E-state index contributed by atoms with van der Waals surface area (Å²) in [5.41, 5.74) is 1.76. The molecule has 1 amide bonds. The molecule has 8 heteroatoms. The Balaban J connectivity index is 1.26. The van der Waals surface area contributed by atoms with Crippen LogP contribution in [0.3, 0.4) is 0 Å².